The number of carbonyl (C=O) groups is 2. The molecule has 0 spiro atoms. The summed E-state index contributed by atoms with van der Waals surface area (Å²) < 4.78 is 10.1. The van der Waals surface area contributed by atoms with Crippen LogP contribution in [0.4, 0.5) is 5.69 Å². The summed E-state index contributed by atoms with van der Waals surface area (Å²) in [6.07, 6.45) is 1.74. The van der Waals surface area contributed by atoms with E-state index in [1.54, 1.807) is 19.2 Å². The molecule has 1 aliphatic heterocycles. The maximum atomic E-state index is 12.2. The number of nitrogens with zero attached hydrogens (tertiary/aromatic N) is 1. The number of ether oxygens (including phenoxy) is 2. The molecule has 0 saturated carbocycles. The third-order valence-electron chi connectivity index (χ3n) is 3.27. The van der Waals surface area contributed by atoms with Crippen molar-refractivity contribution in [3.8, 4) is 5.75 Å². The van der Waals surface area contributed by atoms with Gasteiger partial charge < -0.3 is 9.47 Å². The van der Waals surface area contributed by atoms with Crippen LogP contribution >= 0.6 is 0 Å². The van der Waals surface area contributed by atoms with Gasteiger partial charge in [0.05, 0.1) is 19.9 Å². The Morgan fingerprint density at radius 3 is 2.74 bits per heavy atom. The molecule has 19 heavy (non-hydrogen) atoms. The lowest BCUT2D eigenvalue weighted by atomic mass is 10.0. The molecule has 1 aromatic carbocycles. The van der Waals surface area contributed by atoms with Crippen molar-refractivity contribution >= 4 is 17.6 Å². The number of benzene rings is 1. The highest BCUT2D eigenvalue weighted by atomic mass is 16.5. The van der Waals surface area contributed by atoms with Crippen LogP contribution in [0.15, 0.2) is 24.3 Å². The van der Waals surface area contributed by atoms with Crippen molar-refractivity contribution in [3.63, 3.8) is 0 Å². The maximum absolute atomic E-state index is 12.2. The largest absolute Gasteiger partial charge is 0.495 e. The van der Waals surface area contributed by atoms with Crippen molar-refractivity contribution in [3.05, 3.63) is 24.3 Å². The average Bonchev–Trinajstić information content (AvgIpc) is 2.46. The van der Waals surface area contributed by atoms with E-state index in [0.29, 0.717) is 30.7 Å². The molecular formula is C14H17NO4. The van der Waals surface area contributed by atoms with E-state index in [2.05, 4.69) is 0 Å². The van der Waals surface area contributed by atoms with Crippen LogP contribution in [0.25, 0.3) is 0 Å². The summed E-state index contributed by atoms with van der Waals surface area (Å²) in [6, 6.07) is 6.61. The second kappa shape index (κ2) is 5.73. The SMILES string of the molecule is COC(=O)C1CCCC(=O)N1c1ccccc1OC. The Morgan fingerprint density at radius 1 is 1.32 bits per heavy atom. The first-order valence-electron chi connectivity index (χ1n) is 6.22. The fraction of sp³-hybridized carbons (Fsp3) is 0.429. The monoisotopic (exact) mass is 263 g/mol. The summed E-state index contributed by atoms with van der Waals surface area (Å²) in [5.41, 5.74) is 0.616. The lowest BCUT2D eigenvalue weighted by Gasteiger charge is -2.34. The molecule has 5 nitrogen and oxygen atoms in total. The van der Waals surface area contributed by atoms with E-state index in [-0.39, 0.29) is 11.9 Å². The van der Waals surface area contributed by atoms with Crippen LogP contribution in [0, 0.1) is 0 Å². The van der Waals surface area contributed by atoms with Crippen LogP contribution < -0.4 is 9.64 Å². The molecule has 1 aromatic rings. The molecule has 0 bridgehead atoms. The van der Waals surface area contributed by atoms with Gasteiger partial charge in [-0.1, -0.05) is 12.1 Å². The van der Waals surface area contributed by atoms with Gasteiger partial charge >= 0.3 is 5.97 Å². The number of rotatable bonds is 3. The van der Waals surface area contributed by atoms with Gasteiger partial charge in [0.2, 0.25) is 5.91 Å². The van der Waals surface area contributed by atoms with Gasteiger partial charge in [-0.3, -0.25) is 9.69 Å². The topological polar surface area (TPSA) is 55.8 Å². The molecule has 1 atom stereocenters. The van der Waals surface area contributed by atoms with Gasteiger partial charge in [-0.25, -0.2) is 4.79 Å². The highest BCUT2D eigenvalue weighted by molar-refractivity contribution is 6.01. The summed E-state index contributed by atoms with van der Waals surface area (Å²) >= 11 is 0. The summed E-state index contributed by atoms with van der Waals surface area (Å²) in [7, 11) is 2.88. The first kappa shape index (κ1) is 13.4. The minimum absolute atomic E-state index is 0.0776. The first-order chi connectivity index (χ1) is 9.19. The maximum Gasteiger partial charge on any atom is 0.328 e. The molecule has 0 aromatic heterocycles. The zero-order valence-electron chi connectivity index (χ0n) is 11.1. The number of carbonyl (C=O) groups excluding carboxylic acids is 2. The molecule has 1 fully saturated rings. The fourth-order valence-corrected chi connectivity index (χ4v) is 2.36. The summed E-state index contributed by atoms with van der Waals surface area (Å²) in [4.78, 5) is 25.5. The van der Waals surface area contributed by atoms with E-state index in [9.17, 15) is 9.59 Å². The standard InChI is InChI=1S/C14H17NO4/c1-18-12-8-4-3-6-10(12)15-11(14(17)19-2)7-5-9-13(15)16/h3-4,6,8,11H,5,7,9H2,1-2H3. The second-order valence-electron chi connectivity index (χ2n) is 4.37. The summed E-state index contributed by atoms with van der Waals surface area (Å²) in [6.45, 7) is 0. The lowest BCUT2D eigenvalue weighted by Crippen LogP contribution is -2.48. The van der Waals surface area contributed by atoms with Crippen LogP contribution in [0.1, 0.15) is 19.3 Å². The number of esters is 1. The van der Waals surface area contributed by atoms with E-state index in [0.717, 1.165) is 0 Å². The number of methoxy groups -OCH3 is 2. The fourth-order valence-electron chi connectivity index (χ4n) is 2.36. The van der Waals surface area contributed by atoms with E-state index < -0.39 is 6.04 Å². The van der Waals surface area contributed by atoms with E-state index in [1.807, 2.05) is 12.1 Å². The van der Waals surface area contributed by atoms with Gasteiger partial charge in [0, 0.05) is 6.42 Å². The third-order valence-corrected chi connectivity index (χ3v) is 3.27. The van der Waals surface area contributed by atoms with E-state index in [1.165, 1.54) is 12.0 Å². The molecule has 2 rings (SSSR count). The molecule has 0 N–H and O–H groups in total. The lowest BCUT2D eigenvalue weighted by molar-refractivity contribution is -0.144. The molecule has 0 aliphatic carbocycles. The number of hydrogen-bond acceptors (Lipinski definition) is 4. The predicted octanol–water partition coefficient (Wildman–Crippen LogP) is 1.75. The number of anilines is 1. The Morgan fingerprint density at radius 2 is 2.05 bits per heavy atom. The number of hydrogen-bond donors (Lipinski definition) is 0. The van der Waals surface area contributed by atoms with Gasteiger partial charge in [-0.15, -0.1) is 0 Å². The molecule has 1 amide bonds. The quantitative estimate of drug-likeness (QED) is 0.780. The average molecular weight is 263 g/mol. The number of amides is 1. The minimum atomic E-state index is -0.567. The molecule has 5 heteroatoms. The van der Waals surface area contributed by atoms with Crippen molar-refractivity contribution < 1.29 is 19.1 Å². The van der Waals surface area contributed by atoms with Crippen molar-refractivity contribution in [2.45, 2.75) is 25.3 Å². The molecule has 0 radical (unpaired) electrons. The third kappa shape index (κ3) is 2.54. The zero-order chi connectivity index (χ0) is 13.8. The first-order valence-corrected chi connectivity index (χ1v) is 6.22. The molecule has 1 unspecified atom stereocenters. The molecular weight excluding hydrogens is 246 g/mol. The summed E-state index contributed by atoms with van der Waals surface area (Å²) in [5, 5.41) is 0. The van der Waals surface area contributed by atoms with Crippen molar-refractivity contribution in [1.82, 2.24) is 0 Å². The Bertz CT molecular complexity index is 486. The number of piperidine rings is 1. The van der Waals surface area contributed by atoms with Crippen LogP contribution in [-0.4, -0.2) is 32.1 Å². The Hall–Kier alpha value is -2.04. The normalized spacial score (nSPS) is 19.2. The predicted molar refractivity (Wildman–Crippen MR) is 70.1 cm³/mol. The zero-order valence-corrected chi connectivity index (χ0v) is 11.1. The van der Waals surface area contributed by atoms with Crippen LogP contribution in [-0.2, 0) is 14.3 Å². The van der Waals surface area contributed by atoms with Gasteiger partial charge in [0.1, 0.15) is 11.8 Å². The van der Waals surface area contributed by atoms with Gasteiger partial charge in [0.25, 0.3) is 0 Å². The van der Waals surface area contributed by atoms with Crippen LogP contribution in [0.5, 0.6) is 5.75 Å². The highest BCUT2D eigenvalue weighted by Gasteiger charge is 2.36. The van der Waals surface area contributed by atoms with Crippen molar-refractivity contribution in [2.75, 3.05) is 19.1 Å². The Balaban J connectivity index is 2.41. The van der Waals surface area contributed by atoms with Crippen molar-refractivity contribution in [2.24, 2.45) is 0 Å². The Labute approximate surface area is 112 Å². The van der Waals surface area contributed by atoms with Gasteiger partial charge in [0.15, 0.2) is 0 Å². The van der Waals surface area contributed by atoms with Crippen molar-refractivity contribution in [1.29, 1.82) is 0 Å². The summed E-state index contributed by atoms with van der Waals surface area (Å²) in [5.74, 6) is 0.108. The minimum Gasteiger partial charge on any atom is -0.495 e. The van der Waals surface area contributed by atoms with Crippen LogP contribution in [0.2, 0.25) is 0 Å². The van der Waals surface area contributed by atoms with E-state index in [4.69, 9.17) is 9.47 Å². The molecule has 102 valence electrons. The van der Waals surface area contributed by atoms with E-state index >= 15 is 0 Å². The Kier molecular flexibility index (Phi) is 4.04. The van der Waals surface area contributed by atoms with Gasteiger partial charge in [-0.05, 0) is 25.0 Å². The molecule has 1 saturated heterocycles. The van der Waals surface area contributed by atoms with Gasteiger partial charge in [-0.2, -0.15) is 0 Å². The second-order valence-corrected chi connectivity index (χ2v) is 4.37. The molecule has 1 aliphatic rings. The number of para-hydroxylation sites is 2. The smallest absolute Gasteiger partial charge is 0.328 e. The van der Waals surface area contributed by atoms with Crippen LogP contribution in [0.3, 0.4) is 0 Å². The highest BCUT2D eigenvalue weighted by Crippen LogP contribution is 2.33. The molecule has 1 heterocycles.